The molecule has 1 N–H and O–H groups in total. The third-order valence-electron chi connectivity index (χ3n) is 2.94. The lowest BCUT2D eigenvalue weighted by Gasteiger charge is -2.16. The van der Waals surface area contributed by atoms with Crippen molar-refractivity contribution in [2.75, 3.05) is 5.32 Å². The molecule has 2 rings (SSSR count). The Morgan fingerprint density at radius 3 is 2.72 bits per heavy atom. The molecule has 0 bridgehead atoms. The third-order valence-corrected chi connectivity index (χ3v) is 4.20. The van der Waals surface area contributed by atoms with Gasteiger partial charge in [0.15, 0.2) is 0 Å². The predicted octanol–water partition coefficient (Wildman–Crippen LogP) is 3.13. The Labute approximate surface area is 112 Å². The van der Waals surface area contributed by atoms with Gasteiger partial charge in [-0.1, -0.05) is 44.3 Å². The van der Waals surface area contributed by atoms with Gasteiger partial charge in [-0.05, 0) is 19.3 Å². The summed E-state index contributed by atoms with van der Waals surface area (Å²) >= 11 is 1.46. The number of carbonyl (C=O) groups excluding carboxylic acids is 1. The summed E-state index contributed by atoms with van der Waals surface area (Å²) in [6.07, 6.45) is 6.95. The van der Waals surface area contributed by atoms with Gasteiger partial charge in [0, 0.05) is 11.3 Å². The van der Waals surface area contributed by atoms with E-state index in [4.69, 9.17) is 0 Å². The van der Waals surface area contributed by atoms with Crippen molar-refractivity contribution in [3.05, 3.63) is 17.2 Å². The average molecular weight is 265 g/mol. The van der Waals surface area contributed by atoms with E-state index in [1.54, 1.807) is 0 Å². The van der Waals surface area contributed by atoms with Crippen LogP contribution in [0.2, 0.25) is 0 Å². The van der Waals surface area contributed by atoms with Crippen LogP contribution in [0.1, 0.15) is 45.0 Å². The Morgan fingerprint density at radius 1 is 1.39 bits per heavy atom. The first-order valence-electron chi connectivity index (χ1n) is 6.26. The van der Waals surface area contributed by atoms with Crippen LogP contribution in [0.25, 0.3) is 0 Å². The van der Waals surface area contributed by atoms with Crippen molar-refractivity contribution in [2.24, 2.45) is 5.92 Å². The minimum atomic E-state index is -0.0196. The van der Waals surface area contributed by atoms with E-state index in [1.807, 2.05) is 0 Å². The molecule has 1 aromatic heterocycles. The average Bonchev–Trinajstić information content (AvgIpc) is 2.78. The van der Waals surface area contributed by atoms with Crippen molar-refractivity contribution in [1.29, 1.82) is 0 Å². The molecule has 1 aromatic rings. The fourth-order valence-corrected chi connectivity index (χ4v) is 2.62. The van der Waals surface area contributed by atoms with E-state index in [0.717, 1.165) is 24.3 Å². The highest BCUT2D eigenvalue weighted by molar-refractivity contribution is 7.15. The SMILES string of the molecule is CC(C)(C)c1nnc(NC(=O)C2CC=CCC2)s1. The highest BCUT2D eigenvalue weighted by Gasteiger charge is 2.22. The zero-order chi connectivity index (χ0) is 13.2. The van der Waals surface area contributed by atoms with Gasteiger partial charge in [0.1, 0.15) is 5.01 Å². The van der Waals surface area contributed by atoms with Crippen molar-refractivity contribution in [2.45, 2.75) is 45.4 Å². The normalized spacial score (nSPS) is 19.8. The zero-order valence-corrected chi connectivity index (χ0v) is 11.9. The summed E-state index contributed by atoms with van der Waals surface area (Å²) < 4.78 is 0. The molecule has 0 aliphatic heterocycles. The Hall–Kier alpha value is -1.23. The molecule has 1 amide bonds. The maximum Gasteiger partial charge on any atom is 0.229 e. The molecule has 1 aliphatic rings. The zero-order valence-electron chi connectivity index (χ0n) is 11.1. The Morgan fingerprint density at radius 2 is 2.17 bits per heavy atom. The quantitative estimate of drug-likeness (QED) is 0.836. The van der Waals surface area contributed by atoms with Gasteiger partial charge >= 0.3 is 0 Å². The lowest BCUT2D eigenvalue weighted by molar-refractivity contribution is -0.120. The summed E-state index contributed by atoms with van der Waals surface area (Å²) in [4.78, 5) is 12.0. The maximum absolute atomic E-state index is 12.0. The van der Waals surface area contributed by atoms with E-state index in [9.17, 15) is 4.79 Å². The summed E-state index contributed by atoms with van der Waals surface area (Å²) in [5.74, 6) is 0.146. The first-order chi connectivity index (χ1) is 8.47. The van der Waals surface area contributed by atoms with Crippen molar-refractivity contribution < 1.29 is 4.79 Å². The number of nitrogens with zero attached hydrogens (tertiary/aromatic N) is 2. The van der Waals surface area contributed by atoms with Gasteiger partial charge < -0.3 is 5.32 Å². The molecular formula is C13H19N3OS. The second kappa shape index (κ2) is 5.18. The number of hydrogen-bond acceptors (Lipinski definition) is 4. The van der Waals surface area contributed by atoms with Crippen LogP contribution in [0.3, 0.4) is 0 Å². The molecule has 1 atom stereocenters. The number of hydrogen-bond donors (Lipinski definition) is 1. The standard InChI is InChI=1S/C13H19N3OS/c1-13(2,3)11-15-16-12(18-11)14-10(17)9-7-5-4-6-8-9/h4-5,9H,6-8H2,1-3H3,(H,14,16,17). The number of nitrogens with one attached hydrogen (secondary N) is 1. The number of allylic oxidation sites excluding steroid dienone is 2. The van der Waals surface area contributed by atoms with Crippen molar-refractivity contribution in [1.82, 2.24) is 10.2 Å². The number of amides is 1. The van der Waals surface area contributed by atoms with Crippen molar-refractivity contribution in [3.63, 3.8) is 0 Å². The fourth-order valence-electron chi connectivity index (χ4n) is 1.82. The Bertz CT molecular complexity index is 459. The van der Waals surface area contributed by atoms with Gasteiger partial charge in [0.05, 0.1) is 0 Å². The molecule has 4 nitrogen and oxygen atoms in total. The maximum atomic E-state index is 12.0. The molecule has 0 saturated heterocycles. The Balaban J connectivity index is 1.99. The number of aromatic nitrogens is 2. The van der Waals surface area contributed by atoms with Crippen LogP contribution in [0, 0.1) is 5.92 Å². The first-order valence-corrected chi connectivity index (χ1v) is 7.08. The topological polar surface area (TPSA) is 54.9 Å². The summed E-state index contributed by atoms with van der Waals surface area (Å²) in [6.45, 7) is 6.27. The largest absolute Gasteiger partial charge is 0.300 e. The second-order valence-corrected chi connectivity index (χ2v) is 6.61. The minimum Gasteiger partial charge on any atom is -0.300 e. The van der Waals surface area contributed by atoms with E-state index in [-0.39, 0.29) is 17.2 Å². The number of carbonyl (C=O) groups is 1. The van der Waals surface area contributed by atoms with E-state index in [0.29, 0.717) is 5.13 Å². The summed E-state index contributed by atoms with van der Waals surface area (Å²) in [5, 5.41) is 12.6. The monoisotopic (exact) mass is 265 g/mol. The molecule has 0 aromatic carbocycles. The van der Waals surface area contributed by atoms with Crippen LogP contribution < -0.4 is 5.32 Å². The highest BCUT2D eigenvalue weighted by atomic mass is 32.1. The molecule has 1 unspecified atom stereocenters. The Kier molecular flexibility index (Phi) is 3.80. The van der Waals surface area contributed by atoms with Crippen LogP contribution >= 0.6 is 11.3 Å². The van der Waals surface area contributed by atoms with Crippen LogP contribution in [-0.4, -0.2) is 16.1 Å². The molecule has 0 saturated carbocycles. The third kappa shape index (κ3) is 3.16. The van der Waals surface area contributed by atoms with Gasteiger partial charge in [-0.3, -0.25) is 4.79 Å². The highest BCUT2D eigenvalue weighted by Crippen LogP contribution is 2.28. The molecule has 0 radical (unpaired) electrons. The van der Waals surface area contributed by atoms with Crippen LogP contribution in [0.4, 0.5) is 5.13 Å². The number of rotatable bonds is 2. The molecule has 0 spiro atoms. The molecule has 1 aliphatic carbocycles. The number of anilines is 1. The minimum absolute atomic E-state index is 0.0196. The predicted molar refractivity (Wildman–Crippen MR) is 73.7 cm³/mol. The van der Waals surface area contributed by atoms with E-state index >= 15 is 0 Å². The summed E-state index contributed by atoms with van der Waals surface area (Å²) in [5.41, 5.74) is -0.0196. The first kappa shape index (κ1) is 13.2. The van der Waals surface area contributed by atoms with E-state index in [2.05, 4.69) is 48.4 Å². The molecular weight excluding hydrogens is 246 g/mol. The van der Waals surface area contributed by atoms with Gasteiger partial charge in [0.25, 0.3) is 0 Å². The van der Waals surface area contributed by atoms with Gasteiger partial charge in [-0.2, -0.15) is 0 Å². The van der Waals surface area contributed by atoms with Crippen LogP contribution in [-0.2, 0) is 10.2 Å². The lowest BCUT2D eigenvalue weighted by Crippen LogP contribution is -2.23. The van der Waals surface area contributed by atoms with Gasteiger partial charge in [-0.15, -0.1) is 10.2 Å². The lowest BCUT2D eigenvalue weighted by atomic mass is 9.94. The summed E-state index contributed by atoms with van der Waals surface area (Å²) in [6, 6.07) is 0. The van der Waals surface area contributed by atoms with E-state index < -0.39 is 0 Å². The molecule has 5 heteroatoms. The van der Waals surface area contributed by atoms with Crippen molar-refractivity contribution >= 4 is 22.4 Å². The van der Waals surface area contributed by atoms with E-state index in [1.165, 1.54) is 11.3 Å². The van der Waals surface area contributed by atoms with Crippen molar-refractivity contribution in [3.8, 4) is 0 Å². The summed E-state index contributed by atoms with van der Waals surface area (Å²) in [7, 11) is 0. The van der Waals surface area contributed by atoms with Crippen LogP contribution in [0.15, 0.2) is 12.2 Å². The molecule has 18 heavy (non-hydrogen) atoms. The van der Waals surface area contributed by atoms with Crippen LogP contribution in [0.5, 0.6) is 0 Å². The van der Waals surface area contributed by atoms with Gasteiger partial charge in [0.2, 0.25) is 11.0 Å². The molecule has 98 valence electrons. The smallest absolute Gasteiger partial charge is 0.229 e. The molecule has 0 fully saturated rings. The fraction of sp³-hybridized carbons (Fsp3) is 0.615. The van der Waals surface area contributed by atoms with Gasteiger partial charge in [-0.25, -0.2) is 0 Å². The second-order valence-electron chi connectivity index (χ2n) is 5.63. The molecule has 1 heterocycles.